The summed E-state index contributed by atoms with van der Waals surface area (Å²) in [5.41, 5.74) is 5.03. The fraction of sp³-hybridized carbons (Fsp3) is 0.158. The van der Waals surface area contributed by atoms with E-state index < -0.39 is 0 Å². The smallest absolute Gasteiger partial charge is 0.170 e. The molecular formula is C19H16N2O. The number of aryl methyl sites for hydroxylation is 1. The fourth-order valence-electron chi connectivity index (χ4n) is 2.59. The number of hydrogen-bond acceptors (Lipinski definition) is 3. The number of rotatable bonds is 4. The highest BCUT2D eigenvalue weighted by Crippen LogP contribution is 2.34. The molecule has 0 saturated carbocycles. The third-order valence-corrected chi connectivity index (χ3v) is 3.71. The minimum atomic E-state index is 0.444. The van der Waals surface area contributed by atoms with Crippen molar-refractivity contribution in [2.45, 2.75) is 19.8 Å². The highest BCUT2D eigenvalue weighted by atomic mass is 16.5. The van der Waals surface area contributed by atoms with Crippen molar-refractivity contribution in [3.05, 3.63) is 65.7 Å². The first-order valence-electron chi connectivity index (χ1n) is 7.28. The normalized spacial score (nSPS) is 10.4. The third-order valence-electron chi connectivity index (χ3n) is 3.71. The molecule has 3 nitrogen and oxygen atoms in total. The van der Waals surface area contributed by atoms with Crippen molar-refractivity contribution in [2.75, 3.05) is 0 Å². The number of benzene rings is 2. The van der Waals surface area contributed by atoms with Gasteiger partial charge in [0.05, 0.1) is 6.07 Å². The quantitative estimate of drug-likeness (QED) is 0.694. The molecule has 0 N–H and O–H groups in total. The number of aromatic nitrogens is 1. The van der Waals surface area contributed by atoms with Crippen molar-refractivity contribution >= 4 is 0 Å². The van der Waals surface area contributed by atoms with Crippen molar-refractivity contribution in [1.29, 1.82) is 5.26 Å². The van der Waals surface area contributed by atoms with Crippen molar-refractivity contribution in [3.8, 4) is 28.7 Å². The van der Waals surface area contributed by atoms with E-state index in [4.69, 9.17) is 9.78 Å². The van der Waals surface area contributed by atoms with Crippen LogP contribution in [0.1, 0.15) is 17.5 Å². The molecule has 0 aliphatic heterocycles. The molecule has 108 valence electrons. The van der Waals surface area contributed by atoms with Crippen molar-refractivity contribution < 1.29 is 4.52 Å². The molecule has 0 aliphatic rings. The van der Waals surface area contributed by atoms with Gasteiger partial charge in [-0.25, -0.2) is 0 Å². The second-order valence-corrected chi connectivity index (χ2v) is 5.18. The lowest BCUT2D eigenvalue weighted by Crippen LogP contribution is -1.91. The number of nitrogens with zero attached hydrogens (tertiary/aromatic N) is 2. The van der Waals surface area contributed by atoms with E-state index in [-0.39, 0.29) is 0 Å². The first-order valence-corrected chi connectivity index (χ1v) is 7.28. The predicted molar refractivity (Wildman–Crippen MR) is 86.0 cm³/mol. The maximum absolute atomic E-state index is 8.94. The number of nitriles is 1. The van der Waals surface area contributed by atoms with E-state index in [1.165, 1.54) is 0 Å². The van der Waals surface area contributed by atoms with Gasteiger partial charge in [0.2, 0.25) is 0 Å². The molecule has 0 atom stereocenters. The van der Waals surface area contributed by atoms with Crippen LogP contribution in [0.15, 0.2) is 59.1 Å². The summed E-state index contributed by atoms with van der Waals surface area (Å²) >= 11 is 0. The molecule has 0 spiro atoms. The highest BCUT2D eigenvalue weighted by molar-refractivity contribution is 5.74. The molecule has 0 fully saturated rings. The van der Waals surface area contributed by atoms with Crippen LogP contribution in [0.25, 0.3) is 22.6 Å². The largest absolute Gasteiger partial charge is 0.355 e. The molecule has 3 rings (SSSR count). The van der Waals surface area contributed by atoms with Gasteiger partial charge in [-0.2, -0.15) is 5.26 Å². The Morgan fingerprint density at radius 2 is 1.77 bits per heavy atom. The molecule has 0 aliphatic carbocycles. The second kappa shape index (κ2) is 6.28. The zero-order valence-electron chi connectivity index (χ0n) is 12.4. The Balaban J connectivity index is 2.14. The van der Waals surface area contributed by atoms with Gasteiger partial charge in [0.1, 0.15) is 5.69 Å². The average molecular weight is 288 g/mol. The van der Waals surface area contributed by atoms with E-state index in [9.17, 15) is 0 Å². The van der Waals surface area contributed by atoms with Crippen LogP contribution in [0.5, 0.6) is 0 Å². The van der Waals surface area contributed by atoms with Crippen LogP contribution in [-0.2, 0) is 6.42 Å². The molecule has 0 bridgehead atoms. The third kappa shape index (κ3) is 2.64. The van der Waals surface area contributed by atoms with Crippen LogP contribution in [0.4, 0.5) is 0 Å². The first kappa shape index (κ1) is 14.1. The monoisotopic (exact) mass is 288 g/mol. The SMILES string of the molecule is Cc1ccccc1-c1noc(-c2ccccc2)c1CCC#N. The van der Waals surface area contributed by atoms with Gasteiger partial charge < -0.3 is 4.52 Å². The lowest BCUT2D eigenvalue weighted by molar-refractivity contribution is 0.434. The number of hydrogen-bond donors (Lipinski definition) is 0. The summed E-state index contributed by atoms with van der Waals surface area (Å²) in [4.78, 5) is 0. The van der Waals surface area contributed by atoms with Gasteiger partial charge in [-0.15, -0.1) is 0 Å². The van der Waals surface area contributed by atoms with E-state index >= 15 is 0 Å². The molecule has 0 radical (unpaired) electrons. The van der Waals surface area contributed by atoms with E-state index in [0.717, 1.165) is 33.7 Å². The van der Waals surface area contributed by atoms with Crippen LogP contribution >= 0.6 is 0 Å². The van der Waals surface area contributed by atoms with E-state index in [1.807, 2.05) is 48.5 Å². The molecular weight excluding hydrogens is 272 g/mol. The Morgan fingerprint density at radius 3 is 2.50 bits per heavy atom. The van der Waals surface area contributed by atoms with E-state index in [2.05, 4.69) is 24.2 Å². The second-order valence-electron chi connectivity index (χ2n) is 5.18. The minimum Gasteiger partial charge on any atom is -0.355 e. The summed E-state index contributed by atoms with van der Waals surface area (Å²) < 4.78 is 5.63. The maximum atomic E-state index is 8.94. The van der Waals surface area contributed by atoms with Gasteiger partial charge in [-0.3, -0.25) is 0 Å². The standard InChI is InChI=1S/C19H16N2O/c1-14-8-5-6-11-16(14)18-17(12-7-13-20)19(22-21-18)15-9-3-2-4-10-15/h2-6,8-11H,7,12H2,1H3. The van der Waals surface area contributed by atoms with Crippen LogP contribution in [0.3, 0.4) is 0 Å². The van der Waals surface area contributed by atoms with Gasteiger partial charge in [-0.1, -0.05) is 59.8 Å². The zero-order valence-corrected chi connectivity index (χ0v) is 12.4. The predicted octanol–water partition coefficient (Wildman–Crippen LogP) is 4.77. The Bertz CT molecular complexity index is 813. The minimum absolute atomic E-state index is 0.444. The van der Waals surface area contributed by atoms with Gasteiger partial charge in [0, 0.05) is 23.1 Å². The Morgan fingerprint density at radius 1 is 1.05 bits per heavy atom. The van der Waals surface area contributed by atoms with Crippen LogP contribution in [0, 0.1) is 18.3 Å². The van der Waals surface area contributed by atoms with Crippen molar-refractivity contribution in [3.63, 3.8) is 0 Å². The van der Waals surface area contributed by atoms with Crippen LogP contribution < -0.4 is 0 Å². The Kier molecular flexibility index (Phi) is 4.02. The summed E-state index contributed by atoms with van der Waals surface area (Å²) in [6, 6.07) is 20.2. The molecule has 1 heterocycles. The molecule has 0 unspecified atom stereocenters. The summed E-state index contributed by atoms with van der Waals surface area (Å²) in [7, 11) is 0. The zero-order chi connectivity index (χ0) is 15.4. The molecule has 2 aromatic carbocycles. The molecule has 1 aromatic heterocycles. The molecule has 0 amide bonds. The topological polar surface area (TPSA) is 49.8 Å². The van der Waals surface area contributed by atoms with Gasteiger partial charge in [0.25, 0.3) is 0 Å². The molecule has 0 saturated heterocycles. The van der Waals surface area contributed by atoms with Gasteiger partial charge >= 0.3 is 0 Å². The van der Waals surface area contributed by atoms with Crippen LogP contribution in [0.2, 0.25) is 0 Å². The Labute approximate surface area is 129 Å². The summed E-state index contributed by atoms with van der Waals surface area (Å²) in [5.74, 6) is 0.758. The molecule has 3 aromatic rings. The fourth-order valence-corrected chi connectivity index (χ4v) is 2.59. The Hall–Kier alpha value is -2.86. The van der Waals surface area contributed by atoms with Gasteiger partial charge in [0.15, 0.2) is 5.76 Å². The highest BCUT2D eigenvalue weighted by Gasteiger charge is 2.19. The van der Waals surface area contributed by atoms with Crippen molar-refractivity contribution in [1.82, 2.24) is 5.16 Å². The summed E-state index contributed by atoms with van der Waals surface area (Å²) in [5, 5.41) is 13.2. The first-order chi connectivity index (χ1) is 10.8. The lowest BCUT2D eigenvalue weighted by atomic mass is 9.97. The molecule has 22 heavy (non-hydrogen) atoms. The molecule has 3 heteroatoms. The average Bonchev–Trinajstić information content (AvgIpc) is 2.97. The summed E-state index contributed by atoms with van der Waals surface area (Å²) in [6.45, 7) is 2.06. The van der Waals surface area contributed by atoms with Gasteiger partial charge in [-0.05, 0) is 18.9 Å². The summed E-state index contributed by atoms with van der Waals surface area (Å²) in [6.07, 6.45) is 1.08. The van der Waals surface area contributed by atoms with Crippen molar-refractivity contribution in [2.24, 2.45) is 0 Å². The lowest BCUT2D eigenvalue weighted by Gasteiger charge is -2.05. The van der Waals surface area contributed by atoms with E-state index in [0.29, 0.717) is 12.8 Å². The van der Waals surface area contributed by atoms with E-state index in [1.54, 1.807) is 0 Å². The maximum Gasteiger partial charge on any atom is 0.170 e. The van der Waals surface area contributed by atoms with Crippen LogP contribution in [-0.4, -0.2) is 5.16 Å².